The fourth-order valence-corrected chi connectivity index (χ4v) is 3.77. The number of carbonyl (C=O) groups excluding carboxylic acids is 2. The van der Waals surface area contributed by atoms with Gasteiger partial charge in [0.2, 0.25) is 5.91 Å². The van der Waals surface area contributed by atoms with E-state index in [9.17, 15) is 39.9 Å². The van der Waals surface area contributed by atoms with Crippen LogP contribution in [0.3, 0.4) is 0 Å². The minimum Gasteiger partial charge on any atom is -0.477 e. The maximum atomic E-state index is 12.6. The highest BCUT2D eigenvalue weighted by Crippen LogP contribution is 2.30. The number of amides is 2. The molecule has 1 aliphatic rings. The number of carboxylic acids is 1. The summed E-state index contributed by atoms with van der Waals surface area (Å²) in [7, 11) is 0. The van der Waals surface area contributed by atoms with Crippen molar-refractivity contribution in [1.29, 1.82) is 0 Å². The first-order chi connectivity index (χ1) is 17.0. The summed E-state index contributed by atoms with van der Waals surface area (Å²) in [6.45, 7) is 0.623. The molecule has 6 atom stereocenters. The minimum atomic E-state index is -2.86. The van der Waals surface area contributed by atoms with Gasteiger partial charge in [-0.2, -0.15) is 0 Å². The van der Waals surface area contributed by atoms with E-state index in [1.54, 1.807) is 36.4 Å². The van der Waals surface area contributed by atoms with E-state index in [1.807, 2.05) is 6.07 Å². The molecular weight excluding hydrogens is 476 g/mol. The molecule has 0 saturated carbocycles. The Morgan fingerprint density at radius 2 is 1.78 bits per heavy atom. The van der Waals surface area contributed by atoms with Crippen molar-refractivity contribution in [3.63, 3.8) is 0 Å². The zero-order chi connectivity index (χ0) is 26.5. The molecule has 0 unspecified atom stereocenters. The molecule has 194 valence electrons. The molecule has 1 fully saturated rings. The van der Waals surface area contributed by atoms with Gasteiger partial charge in [0.05, 0.1) is 18.2 Å². The van der Waals surface area contributed by atoms with Crippen LogP contribution in [-0.2, 0) is 14.3 Å². The molecule has 0 radical (unpaired) electrons. The predicted octanol–water partition coefficient (Wildman–Crippen LogP) is -0.642. The molecule has 1 heterocycles. The lowest BCUT2D eigenvalue weighted by Crippen LogP contribution is -2.67. The number of rotatable bonds is 9. The molecule has 36 heavy (non-hydrogen) atoms. The van der Waals surface area contributed by atoms with Gasteiger partial charge in [-0.1, -0.05) is 24.3 Å². The molecule has 0 aliphatic carbocycles. The summed E-state index contributed by atoms with van der Waals surface area (Å²) in [6.07, 6.45) is -7.74. The number of hydrogen-bond donors (Lipinski definition) is 7. The van der Waals surface area contributed by atoms with Gasteiger partial charge in [-0.3, -0.25) is 9.59 Å². The van der Waals surface area contributed by atoms with Crippen molar-refractivity contribution in [3.8, 4) is 11.5 Å². The van der Waals surface area contributed by atoms with Crippen LogP contribution >= 0.6 is 0 Å². The first kappa shape index (κ1) is 27.0. The number of aliphatic carboxylic acids is 1. The van der Waals surface area contributed by atoms with Gasteiger partial charge in [0.15, 0.2) is 0 Å². The Hall–Kier alpha value is -3.55. The van der Waals surface area contributed by atoms with Crippen LogP contribution in [0.5, 0.6) is 11.5 Å². The molecule has 0 aromatic heterocycles. The number of aliphatic hydroxyl groups excluding tert-OH is 3. The smallest absolute Gasteiger partial charge is 0.364 e. The molecule has 2 aromatic rings. The number of benzene rings is 2. The topological polar surface area (TPSA) is 195 Å². The van der Waals surface area contributed by atoms with Gasteiger partial charge in [0.1, 0.15) is 23.7 Å². The van der Waals surface area contributed by atoms with Gasteiger partial charge in [0.25, 0.3) is 11.7 Å². The summed E-state index contributed by atoms with van der Waals surface area (Å²) in [4.78, 5) is 35.6. The predicted molar refractivity (Wildman–Crippen MR) is 123 cm³/mol. The van der Waals surface area contributed by atoms with Crippen LogP contribution in [0.1, 0.15) is 23.7 Å². The lowest BCUT2D eigenvalue weighted by Gasteiger charge is -2.44. The number of para-hydroxylation sites is 1. The SMILES string of the molecule is CC(=O)N[C@H]1[C@H]([C@H](O)[C@H](O)CNC(=O)c2cccc(Oc3ccccc3)c2)O[C@](O)(C(=O)O)C[C@@H]1O. The molecule has 3 rings (SSSR count). The van der Waals surface area contributed by atoms with E-state index in [-0.39, 0.29) is 5.56 Å². The van der Waals surface area contributed by atoms with Gasteiger partial charge >= 0.3 is 5.97 Å². The first-order valence-corrected chi connectivity index (χ1v) is 11.1. The Balaban J connectivity index is 1.66. The summed E-state index contributed by atoms with van der Waals surface area (Å²) in [5.74, 6) is -4.95. The summed E-state index contributed by atoms with van der Waals surface area (Å²) in [5, 5.41) is 55.6. The quantitative estimate of drug-likeness (QED) is 0.231. The van der Waals surface area contributed by atoms with Crippen LogP contribution < -0.4 is 15.4 Å². The van der Waals surface area contributed by atoms with Crippen molar-refractivity contribution in [2.24, 2.45) is 0 Å². The Morgan fingerprint density at radius 3 is 2.42 bits per heavy atom. The summed E-state index contributed by atoms with van der Waals surface area (Å²) < 4.78 is 10.8. The van der Waals surface area contributed by atoms with Gasteiger partial charge in [-0.05, 0) is 30.3 Å². The normalized spacial score (nSPS) is 25.3. The number of aliphatic hydroxyl groups is 4. The zero-order valence-corrected chi connectivity index (χ0v) is 19.3. The number of nitrogens with one attached hydrogen (secondary N) is 2. The van der Waals surface area contributed by atoms with Crippen LogP contribution in [-0.4, -0.2) is 86.1 Å². The third kappa shape index (κ3) is 6.56. The van der Waals surface area contributed by atoms with E-state index in [4.69, 9.17) is 9.47 Å². The summed E-state index contributed by atoms with van der Waals surface area (Å²) in [5.41, 5.74) is 0.200. The highest BCUT2D eigenvalue weighted by molar-refractivity contribution is 5.94. The molecular formula is C24H28N2O10. The highest BCUT2D eigenvalue weighted by Gasteiger charge is 2.53. The van der Waals surface area contributed by atoms with Crippen molar-refractivity contribution in [1.82, 2.24) is 10.6 Å². The Morgan fingerprint density at radius 1 is 1.11 bits per heavy atom. The molecule has 1 aliphatic heterocycles. The highest BCUT2D eigenvalue weighted by atomic mass is 16.7. The number of carbonyl (C=O) groups is 3. The van der Waals surface area contributed by atoms with Gasteiger partial charge in [-0.15, -0.1) is 0 Å². The molecule has 7 N–H and O–H groups in total. The molecule has 0 spiro atoms. The standard InChI is InChI=1S/C24H28N2O10/c1-13(27)26-19-17(28)11-24(34,23(32)33)36-21(19)20(30)18(29)12-25-22(31)14-6-5-9-16(10-14)35-15-7-3-2-4-8-15/h2-10,17-21,28-30,34H,11-12H2,1H3,(H,25,31)(H,26,27)(H,32,33)/t17-,18+,19+,20+,21+,24-/m0/s1. The zero-order valence-electron chi connectivity index (χ0n) is 19.3. The number of carboxylic acid groups (broad SMARTS) is 1. The second-order valence-corrected chi connectivity index (χ2v) is 8.38. The Kier molecular flexibility index (Phi) is 8.61. The van der Waals surface area contributed by atoms with Crippen LogP contribution in [0.15, 0.2) is 54.6 Å². The molecule has 2 amide bonds. The molecule has 12 nitrogen and oxygen atoms in total. The molecule has 12 heteroatoms. The molecule has 1 saturated heterocycles. The Bertz CT molecular complexity index is 1080. The minimum absolute atomic E-state index is 0.200. The van der Waals surface area contributed by atoms with Crippen LogP contribution in [0.4, 0.5) is 0 Å². The average molecular weight is 504 g/mol. The number of hydrogen-bond acceptors (Lipinski definition) is 9. The fourth-order valence-electron chi connectivity index (χ4n) is 3.77. The van der Waals surface area contributed by atoms with Gasteiger partial charge < -0.3 is 45.6 Å². The molecule has 0 bridgehead atoms. The van der Waals surface area contributed by atoms with E-state index in [0.717, 1.165) is 6.92 Å². The van der Waals surface area contributed by atoms with Crippen molar-refractivity contribution in [2.75, 3.05) is 6.54 Å². The van der Waals surface area contributed by atoms with Crippen molar-refractivity contribution >= 4 is 17.8 Å². The van der Waals surface area contributed by atoms with E-state index >= 15 is 0 Å². The Labute approximate surface area is 206 Å². The van der Waals surface area contributed by atoms with Crippen molar-refractivity contribution in [3.05, 3.63) is 60.2 Å². The van der Waals surface area contributed by atoms with Crippen molar-refractivity contribution < 1.29 is 49.4 Å². The van der Waals surface area contributed by atoms with E-state index in [0.29, 0.717) is 11.5 Å². The largest absolute Gasteiger partial charge is 0.477 e. The lowest BCUT2D eigenvalue weighted by atomic mass is 9.88. The van der Waals surface area contributed by atoms with E-state index in [2.05, 4.69) is 10.6 Å². The third-order valence-corrected chi connectivity index (χ3v) is 5.57. The van der Waals surface area contributed by atoms with E-state index < -0.39 is 67.0 Å². The average Bonchev–Trinajstić information content (AvgIpc) is 2.84. The van der Waals surface area contributed by atoms with Gasteiger partial charge in [0, 0.05) is 25.5 Å². The second-order valence-electron chi connectivity index (χ2n) is 8.38. The van der Waals surface area contributed by atoms with Crippen LogP contribution in [0.25, 0.3) is 0 Å². The van der Waals surface area contributed by atoms with Crippen LogP contribution in [0, 0.1) is 0 Å². The number of ether oxygens (including phenoxy) is 2. The van der Waals surface area contributed by atoms with Crippen molar-refractivity contribution in [2.45, 2.75) is 49.6 Å². The maximum absolute atomic E-state index is 12.6. The van der Waals surface area contributed by atoms with E-state index in [1.165, 1.54) is 12.1 Å². The third-order valence-electron chi connectivity index (χ3n) is 5.57. The first-order valence-electron chi connectivity index (χ1n) is 11.1. The monoisotopic (exact) mass is 504 g/mol. The fraction of sp³-hybridized carbons (Fsp3) is 0.375. The second kappa shape index (κ2) is 11.5. The van der Waals surface area contributed by atoms with Crippen LogP contribution in [0.2, 0.25) is 0 Å². The molecule has 2 aromatic carbocycles. The van der Waals surface area contributed by atoms with Gasteiger partial charge in [-0.25, -0.2) is 4.79 Å². The maximum Gasteiger partial charge on any atom is 0.364 e. The lowest BCUT2D eigenvalue weighted by molar-refractivity contribution is -0.294. The summed E-state index contributed by atoms with van der Waals surface area (Å²) in [6, 6.07) is 13.8. The summed E-state index contributed by atoms with van der Waals surface area (Å²) >= 11 is 0.